The molecule has 2 N–H and O–H groups in total. The van der Waals surface area contributed by atoms with E-state index in [0.29, 0.717) is 23.4 Å². The Hall–Kier alpha value is -2.15. The van der Waals surface area contributed by atoms with E-state index in [1.165, 1.54) is 6.07 Å². The zero-order valence-electron chi connectivity index (χ0n) is 14.2. The standard InChI is InChI=1S/C19H21ClN2O4/c20-16-3-1-2-4-18(16)26-19-10-5-13(11-17(19)22(24)25)12-21-14-6-8-15(23)9-7-14/h1-5,10-11,14-15,21,23H,6-9,12H2. The molecule has 0 spiro atoms. The number of aliphatic hydroxyl groups is 1. The molecule has 0 amide bonds. The fourth-order valence-corrected chi connectivity index (χ4v) is 3.26. The van der Waals surface area contributed by atoms with Crippen LogP contribution in [-0.2, 0) is 6.54 Å². The molecule has 0 saturated heterocycles. The minimum Gasteiger partial charge on any atom is -0.449 e. The summed E-state index contributed by atoms with van der Waals surface area (Å²) >= 11 is 6.06. The molecule has 7 heteroatoms. The fraction of sp³-hybridized carbons (Fsp3) is 0.368. The maximum Gasteiger partial charge on any atom is 0.311 e. The van der Waals surface area contributed by atoms with Crippen molar-refractivity contribution < 1.29 is 14.8 Å². The summed E-state index contributed by atoms with van der Waals surface area (Å²) in [4.78, 5) is 11.0. The van der Waals surface area contributed by atoms with Gasteiger partial charge in [-0.2, -0.15) is 0 Å². The molecule has 1 fully saturated rings. The number of halogens is 1. The summed E-state index contributed by atoms with van der Waals surface area (Å²) in [6, 6.07) is 12.1. The van der Waals surface area contributed by atoms with Crippen LogP contribution in [0.1, 0.15) is 31.2 Å². The van der Waals surface area contributed by atoms with E-state index < -0.39 is 4.92 Å². The lowest BCUT2D eigenvalue weighted by molar-refractivity contribution is -0.385. The van der Waals surface area contributed by atoms with Crippen LogP contribution in [0.3, 0.4) is 0 Å². The van der Waals surface area contributed by atoms with Crippen LogP contribution in [-0.4, -0.2) is 22.2 Å². The maximum absolute atomic E-state index is 11.4. The van der Waals surface area contributed by atoms with Crippen molar-refractivity contribution in [2.24, 2.45) is 0 Å². The van der Waals surface area contributed by atoms with E-state index in [9.17, 15) is 15.2 Å². The Morgan fingerprint density at radius 3 is 2.58 bits per heavy atom. The van der Waals surface area contributed by atoms with Gasteiger partial charge >= 0.3 is 5.69 Å². The van der Waals surface area contributed by atoms with Crippen molar-refractivity contribution in [1.29, 1.82) is 0 Å². The minimum atomic E-state index is -0.452. The van der Waals surface area contributed by atoms with Gasteiger partial charge in [0.25, 0.3) is 0 Å². The van der Waals surface area contributed by atoms with Crippen molar-refractivity contribution in [2.75, 3.05) is 0 Å². The molecular weight excluding hydrogens is 356 g/mol. The van der Waals surface area contributed by atoms with Crippen LogP contribution < -0.4 is 10.1 Å². The van der Waals surface area contributed by atoms with E-state index in [2.05, 4.69) is 5.32 Å². The molecule has 2 aromatic rings. The van der Waals surface area contributed by atoms with Crippen molar-refractivity contribution >= 4 is 17.3 Å². The first kappa shape index (κ1) is 18.6. The highest BCUT2D eigenvalue weighted by Gasteiger charge is 2.20. The van der Waals surface area contributed by atoms with Gasteiger partial charge in [-0.05, 0) is 49.4 Å². The zero-order valence-corrected chi connectivity index (χ0v) is 15.0. The predicted molar refractivity (Wildman–Crippen MR) is 99.7 cm³/mol. The number of nitrogens with zero attached hydrogens (tertiary/aromatic N) is 1. The molecular formula is C19H21ClN2O4. The quantitative estimate of drug-likeness (QED) is 0.575. The molecule has 0 atom stereocenters. The smallest absolute Gasteiger partial charge is 0.311 e. The lowest BCUT2D eigenvalue weighted by Gasteiger charge is -2.26. The normalized spacial score (nSPS) is 19.9. The Balaban J connectivity index is 1.70. The van der Waals surface area contributed by atoms with E-state index in [4.69, 9.17) is 16.3 Å². The molecule has 2 aromatic carbocycles. The third-order valence-electron chi connectivity index (χ3n) is 4.57. The van der Waals surface area contributed by atoms with Crippen molar-refractivity contribution in [3.8, 4) is 11.5 Å². The highest BCUT2D eigenvalue weighted by Crippen LogP contribution is 2.35. The first-order chi connectivity index (χ1) is 12.5. The van der Waals surface area contributed by atoms with Crippen LogP contribution in [0.5, 0.6) is 11.5 Å². The Morgan fingerprint density at radius 1 is 1.15 bits per heavy atom. The van der Waals surface area contributed by atoms with Gasteiger partial charge in [0, 0.05) is 18.7 Å². The number of ether oxygens (including phenoxy) is 1. The van der Waals surface area contributed by atoms with Crippen LogP contribution in [0, 0.1) is 10.1 Å². The lowest BCUT2D eigenvalue weighted by atomic mass is 9.93. The van der Waals surface area contributed by atoms with E-state index in [1.807, 2.05) is 6.07 Å². The second-order valence-corrected chi connectivity index (χ2v) is 6.89. The molecule has 0 unspecified atom stereocenters. The fourth-order valence-electron chi connectivity index (χ4n) is 3.09. The summed E-state index contributed by atoms with van der Waals surface area (Å²) in [5, 5.41) is 24.8. The van der Waals surface area contributed by atoms with Gasteiger partial charge in [-0.15, -0.1) is 0 Å². The van der Waals surface area contributed by atoms with Crippen molar-refractivity contribution in [2.45, 2.75) is 44.4 Å². The number of nitrogens with one attached hydrogen (secondary N) is 1. The van der Waals surface area contributed by atoms with Crippen molar-refractivity contribution in [3.63, 3.8) is 0 Å². The average molecular weight is 377 g/mol. The first-order valence-corrected chi connectivity index (χ1v) is 9.02. The SMILES string of the molecule is O=[N+]([O-])c1cc(CNC2CCC(O)CC2)ccc1Oc1ccccc1Cl. The highest BCUT2D eigenvalue weighted by molar-refractivity contribution is 6.32. The molecule has 138 valence electrons. The molecule has 26 heavy (non-hydrogen) atoms. The van der Waals surface area contributed by atoms with Gasteiger partial charge in [0.1, 0.15) is 5.75 Å². The number of aliphatic hydroxyl groups excluding tert-OH is 1. The molecule has 0 aliphatic heterocycles. The molecule has 1 saturated carbocycles. The van der Waals surface area contributed by atoms with Gasteiger partial charge in [0.05, 0.1) is 16.0 Å². The number of nitro benzene ring substituents is 1. The van der Waals surface area contributed by atoms with Crippen LogP contribution in [0.2, 0.25) is 5.02 Å². The number of nitro groups is 1. The molecule has 3 rings (SSSR count). The summed E-state index contributed by atoms with van der Waals surface area (Å²) in [6.45, 7) is 0.536. The molecule has 0 radical (unpaired) electrons. The summed E-state index contributed by atoms with van der Waals surface area (Å²) < 4.78 is 5.64. The van der Waals surface area contributed by atoms with Gasteiger partial charge in [-0.3, -0.25) is 10.1 Å². The highest BCUT2D eigenvalue weighted by atomic mass is 35.5. The van der Waals surface area contributed by atoms with Crippen molar-refractivity contribution in [1.82, 2.24) is 5.32 Å². The number of benzene rings is 2. The molecule has 0 aromatic heterocycles. The van der Waals surface area contributed by atoms with Gasteiger partial charge < -0.3 is 15.2 Å². The number of para-hydroxylation sites is 1. The van der Waals surface area contributed by atoms with E-state index >= 15 is 0 Å². The first-order valence-electron chi connectivity index (χ1n) is 8.64. The number of hydrogen-bond donors (Lipinski definition) is 2. The summed E-state index contributed by atoms with van der Waals surface area (Å²) in [5.74, 6) is 0.538. The van der Waals surface area contributed by atoms with E-state index in [1.54, 1.807) is 30.3 Å². The van der Waals surface area contributed by atoms with Gasteiger partial charge in [0.15, 0.2) is 0 Å². The predicted octanol–water partition coefficient (Wildman–Crippen LogP) is 4.43. The monoisotopic (exact) mass is 376 g/mol. The maximum atomic E-state index is 11.4. The number of rotatable bonds is 6. The zero-order chi connectivity index (χ0) is 18.5. The van der Waals surface area contributed by atoms with Gasteiger partial charge in [-0.25, -0.2) is 0 Å². The topological polar surface area (TPSA) is 84.6 Å². The second kappa shape index (κ2) is 8.49. The van der Waals surface area contributed by atoms with E-state index in [0.717, 1.165) is 31.2 Å². The Morgan fingerprint density at radius 2 is 1.88 bits per heavy atom. The third-order valence-corrected chi connectivity index (χ3v) is 4.88. The Bertz CT molecular complexity index is 776. The average Bonchev–Trinajstić information content (AvgIpc) is 2.64. The lowest BCUT2D eigenvalue weighted by Crippen LogP contribution is -2.34. The summed E-state index contributed by atoms with van der Waals surface area (Å²) in [5.41, 5.74) is 0.720. The van der Waals surface area contributed by atoms with Crippen molar-refractivity contribution in [3.05, 3.63) is 63.2 Å². The van der Waals surface area contributed by atoms with E-state index in [-0.39, 0.29) is 17.5 Å². The largest absolute Gasteiger partial charge is 0.449 e. The van der Waals surface area contributed by atoms with Crippen LogP contribution in [0.15, 0.2) is 42.5 Å². The third kappa shape index (κ3) is 4.72. The van der Waals surface area contributed by atoms with Crippen LogP contribution in [0.4, 0.5) is 5.69 Å². The summed E-state index contributed by atoms with van der Waals surface area (Å²) in [6.07, 6.45) is 3.22. The molecule has 6 nitrogen and oxygen atoms in total. The summed E-state index contributed by atoms with van der Waals surface area (Å²) in [7, 11) is 0. The molecule has 1 aliphatic rings. The minimum absolute atomic E-state index is 0.0942. The van der Waals surface area contributed by atoms with Gasteiger partial charge in [-0.1, -0.05) is 29.8 Å². The molecule has 0 bridgehead atoms. The number of hydrogen-bond acceptors (Lipinski definition) is 5. The Kier molecular flexibility index (Phi) is 6.08. The van der Waals surface area contributed by atoms with Crippen LogP contribution in [0.25, 0.3) is 0 Å². The molecule has 0 heterocycles. The second-order valence-electron chi connectivity index (χ2n) is 6.48. The van der Waals surface area contributed by atoms with Crippen LogP contribution >= 0.6 is 11.6 Å². The Labute approximate surface area is 156 Å². The van der Waals surface area contributed by atoms with Gasteiger partial charge in [0.2, 0.25) is 5.75 Å². The molecule has 1 aliphatic carbocycles.